The fraction of sp³-hybridized carbons (Fsp3) is 0.500. The molecule has 0 fully saturated rings. The number of carbonyl (C=O) groups is 1. The van der Waals surface area contributed by atoms with Crippen LogP contribution < -0.4 is 16.0 Å². The number of halogens is 4. The Bertz CT molecular complexity index is 605. The number of nitrogens with one attached hydrogen (secondary N) is 3. The van der Waals surface area contributed by atoms with Gasteiger partial charge in [0.15, 0.2) is 23.4 Å². The number of rotatable bonds is 9. The van der Waals surface area contributed by atoms with Gasteiger partial charge in [-0.05, 0) is 43.9 Å². The molecule has 0 saturated carbocycles. The van der Waals surface area contributed by atoms with Crippen molar-refractivity contribution in [3.05, 3.63) is 29.6 Å². The third-order valence-corrected chi connectivity index (χ3v) is 3.80. The fourth-order valence-electron chi connectivity index (χ4n) is 1.88. The summed E-state index contributed by atoms with van der Waals surface area (Å²) in [6.45, 7) is 2.95. The molecule has 0 aliphatic heterocycles. The first kappa shape index (κ1) is 24.8. The van der Waals surface area contributed by atoms with Crippen molar-refractivity contribution < 1.29 is 18.0 Å². The highest BCUT2D eigenvalue weighted by Crippen LogP contribution is 2.19. The summed E-state index contributed by atoms with van der Waals surface area (Å²) in [4.78, 5) is 15.9. The molecule has 0 radical (unpaired) electrons. The van der Waals surface area contributed by atoms with Gasteiger partial charge in [0, 0.05) is 13.1 Å². The highest BCUT2D eigenvalue weighted by molar-refractivity contribution is 14.0. The van der Waals surface area contributed by atoms with Crippen LogP contribution in [0.1, 0.15) is 19.8 Å². The molecule has 0 heterocycles. The molecular weight excluding hydrogens is 480 g/mol. The molecule has 0 spiro atoms. The predicted octanol–water partition coefficient (Wildman–Crippen LogP) is 3.36. The number of benzene rings is 1. The number of aliphatic imine (C=N–C) groups is 1. The quantitative estimate of drug-likeness (QED) is 0.159. The maximum absolute atomic E-state index is 13.5. The van der Waals surface area contributed by atoms with Gasteiger partial charge in [-0.15, -0.1) is 24.0 Å². The Hall–Kier alpha value is -1.17. The number of amides is 1. The van der Waals surface area contributed by atoms with Crippen LogP contribution in [0.3, 0.4) is 0 Å². The maximum atomic E-state index is 13.5. The van der Waals surface area contributed by atoms with Crippen molar-refractivity contribution in [1.82, 2.24) is 10.6 Å². The van der Waals surface area contributed by atoms with Crippen molar-refractivity contribution in [2.24, 2.45) is 4.99 Å². The van der Waals surface area contributed by atoms with Gasteiger partial charge in [0.25, 0.3) is 0 Å². The van der Waals surface area contributed by atoms with E-state index in [0.717, 1.165) is 30.7 Å². The van der Waals surface area contributed by atoms with Gasteiger partial charge in [0.1, 0.15) is 6.54 Å². The van der Waals surface area contributed by atoms with Crippen LogP contribution in [-0.4, -0.2) is 43.5 Å². The largest absolute Gasteiger partial charge is 0.357 e. The summed E-state index contributed by atoms with van der Waals surface area (Å²) in [6.07, 6.45) is 4.09. The second kappa shape index (κ2) is 14.0. The summed E-state index contributed by atoms with van der Waals surface area (Å²) in [5.74, 6) is -3.46. The lowest BCUT2D eigenvalue weighted by Gasteiger charge is -2.11. The van der Waals surface area contributed by atoms with Crippen molar-refractivity contribution in [3.63, 3.8) is 0 Å². The predicted molar refractivity (Wildman–Crippen MR) is 112 cm³/mol. The highest BCUT2D eigenvalue weighted by atomic mass is 127. The summed E-state index contributed by atoms with van der Waals surface area (Å²) in [7, 11) is 0. The first-order valence-electron chi connectivity index (χ1n) is 7.94. The Morgan fingerprint density at radius 2 is 1.88 bits per heavy atom. The lowest BCUT2D eigenvalue weighted by molar-refractivity contribution is -0.114. The zero-order valence-electron chi connectivity index (χ0n) is 14.7. The Morgan fingerprint density at radius 1 is 1.15 bits per heavy atom. The van der Waals surface area contributed by atoms with E-state index >= 15 is 0 Å². The average molecular weight is 504 g/mol. The minimum absolute atomic E-state index is 0. The standard InChI is InChI=1S/C16H23F3N4OS.HI/c1-3-20-16(21-8-4-5-9-25-2)22-10-13(24)23-12-7-6-11(17)14(18)15(12)19;/h6-7H,3-5,8-10H2,1-2H3,(H,23,24)(H2,20,21,22);1H. The van der Waals surface area contributed by atoms with E-state index in [9.17, 15) is 18.0 Å². The summed E-state index contributed by atoms with van der Waals surface area (Å²) in [5.41, 5.74) is -0.422. The summed E-state index contributed by atoms with van der Waals surface area (Å²) < 4.78 is 39.5. The molecular formula is C16H24F3IN4OS. The van der Waals surface area contributed by atoms with E-state index in [2.05, 4.69) is 20.9 Å². The second-order valence-electron chi connectivity index (χ2n) is 5.09. The summed E-state index contributed by atoms with van der Waals surface area (Å²) in [6, 6.07) is 1.71. The van der Waals surface area contributed by atoms with Crippen molar-refractivity contribution in [3.8, 4) is 0 Å². The molecule has 0 unspecified atom stereocenters. The molecule has 1 rings (SSSR count). The molecule has 148 valence electrons. The monoisotopic (exact) mass is 504 g/mol. The minimum Gasteiger partial charge on any atom is -0.357 e. The third-order valence-electron chi connectivity index (χ3n) is 3.10. The van der Waals surface area contributed by atoms with E-state index in [1.807, 2.05) is 13.2 Å². The van der Waals surface area contributed by atoms with E-state index in [1.165, 1.54) is 0 Å². The van der Waals surface area contributed by atoms with E-state index in [0.29, 0.717) is 19.0 Å². The number of guanidine groups is 1. The van der Waals surface area contributed by atoms with E-state index in [4.69, 9.17) is 0 Å². The molecule has 26 heavy (non-hydrogen) atoms. The zero-order valence-corrected chi connectivity index (χ0v) is 17.9. The van der Waals surface area contributed by atoms with Gasteiger partial charge < -0.3 is 16.0 Å². The number of anilines is 1. The van der Waals surface area contributed by atoms with Crippen LogP contribution in [0.4, 0.5) is 18.9 Å². The Morgan fingerprint density at radius 3 is 2.54 bits per heavy atom. The van der Waals surface area contributed by atoms with Gasteiger partial charge in [0.05, 0.1) is 5.69 Å². The first-order valence-corrected chi connectivity index (χ1v) is 9.33. The minimum atomic E-state index is -1.62. The lowest BCUT2D eigenvalue weighted by Crippen LogP contribution is -2.38. The molecule has 10 heteroatoms. The number of hydrogen-bond acceptors (Lipinski definition) is 3. The van der Waals surface area contributed by atoms with Gasteiger partial charge in [-0.1, -0.05) is 0 Å². The molecule has 1 aromatic rings. The topological polar surface area (TPSA) is 65.5 Å². The second-order valence-corrected chi connectivity index (χ2v) is 6.08. The first-order chi connectivity index (χ1) is 12.0. The van der Waals surface area contributed by atoms with Crippen LogP contribution >= 0.6 is 35.7 Å². The van der Waals surface area contributed by atoms with Crippen LogP contribution in [0.15, 0.2) is 17.1 Å². The molecule has 1 aromatic carbocycles. The van der Waals surface area contributed by atoms with Crippen molar-refractivity contribution in [2.45, 2.75) is 19.8 Å². The lowest BCUT2D eigenvalue weighted by atomic mass is 10.3. The Kier molecular flexibility index (Phi) is 13.3. The number of carbonyl (C=O) groups excluding carboxylic acids is 1. The van der Waals surface area contributed by atoms with Gasteiger partial charge in [-0.2, -0.15) is 11.8 Å². The number of unbranched alkanes of at least 4 members (excludes halogenated alkanes) is 1. The molecule has 0 bridgehead atoms. The van der Waals surface area contributed by atoms with Crippen LogP contribution in [0.2, 0.25) is 0 Å². The normalized spacial score (nSPS) is 10.9. The van der Waals surface area contributed by atoms with Crippen molar-refractivity contribution >= 4 is 53.3 Å². The molecule has 5 nitrogen and oxygen atoms in total. The van der Waals surface area contributed by atoms with E-state index in [-0.39, 0.29) is 30.5 Å². The van der Waals surface area contributed by atoms with Crippen LogP contribution in [-0.2, 0) is 4.79 Å². The van der Waals surface area contributed by atoms with E-state index in [1.54, 1.807) is 11.8 Å². The van der Waals surface area contributed by atoms with Gasteiger partial charge in [-0.25, -0.2) is 18.2 Å². The Balaban J connectivity index is 0.00000625. The number of nitrogens with zero attached hydrogens (tertiary/aromatic N) is 1. The van der Waals surface area contributed by atoms with Gasteiger partial charge >= 0.3 is 0 Å². The smallest absolute Gasteiger partial charge is 0.246 e. The van der Waals surface area contributed by atoms with Gasteiger partial charge in [0.2, 0.25) is 5.91 Å². The summed E-state index contributed by atoms with van der Waals surface area (Å²) >= 11 is 1.78. The number of thioether (sulfide) groups is 1. The van der Waals surface area contributed by atoms with Crippen molar-refractivity contribution in [2.75, 3.05) is 37.0 Å². The number of hydrogen-bond donors (Lipinski definition) is 3. The van der Waals surface area contributed by atoms with Crippen LogP contribution in [0.5, 0.6) is 0 Å². The molecule has 3 N–H and O–H groups in total. The third kappa shape index (κ3) is 8.97. The average Bonchev–Trinajstić information content (AvgIpc) is 2.60. The van der Waals surface area contributed by atoms with Crippen LogP contribution in [0, 0.1) is 17.5 Å². The SMILES string of the molecule is CCNC(=NCC(=O)Nc1ccc(F)c(F)c1F)NCCCCSC.I. The summed E-state index contributed by atoms with van der Waals surface area (Å²) in [5, 5.41) is 8.26. The molecule has 0 aliphatic rings. The zero-order chi connectivity index (χ0) is 18.7. The maximum Gasteiger partial charge on any atom is 0.246 e. The van der Waals surface area contributed by atoms with Gasteiger partial charge in [-0.3, -0.25) is 4.79 Å². The fourth-order valence-corrected chi connectivity index (χ4v) is 2.38. The van der Waals surface area contributed by atoms with Crippen molar-refractivity contribution in [1.29, 1.82) is 0 Å². The van der Waals surface area contributed by atoms with E-state index < -0.39 is 29.0 Å². The molecule has 0 saturated heterocycles. The molecule has 0 aliphatic carbocycles. The van der Waals surface area contributed by atoms with Crippen LogP contribution in [0.25, 0.3) is 0 Å². The Labute approximate surface area is 173 Å². The molecule has 0 atom stereocenters. The molecule has 1 amide bonds. The molecule has 0 aromatic heterocycles. The highest BCUT2D eigenvalue weighted by Gasteiger charge is 2.15.